The van der Waals surface area contributed by atoms with Crippen molar-refractivity contribution >= 4 is 22.9 Å². The lowest BCUT2D eigenvalue weighted by molar-refractivity contribution is -0.130. The van der Waals surface area contributed by atoms with Crippen molar-refractivity contribution in [3.05, 3.63) is 30.0 Å². The number of carbonyl (C=O) groups excluding carboxylic acids is 2. The van der Waals surface area contributed by atoms with E-state index in [1.165, 1.54) is 4.57 Å². The van der Waals surface area contributed by atoms with E-state index in [1.54, 1.807) is 38.4 Å². The molecule has 2 rings (SSSR count). The third-order valence-corrected chi connectivity index (χ3v) is 4.16. The first kappa shape index (κ1) is 19.8. The van der Waals surface area contributed by atoms with Gasteiger partial charge in [0.15, 0.2) is 0 Å². The highest BCUT2D eigenvalue weighted by Gasteiger charge is 2.27. The van der Waals surface area contributed by atoms with Crippen LogP contribution in [0.3, 0.4) is 0 Å². The Hall–Kier alpha value is -2.50. The van der Waals surface area contributed by atoms with E-state index in [2.05, 4.69) is 0 Å². The zero-order valence-electron chi connectivity index (χ0n) is 16.6. The predicted octanol–water partition coefficient (Wildman–Crippen LogP) is 4.01. The Bertz CT molecular complexity index is 815. The van der Waals surface area contributed by atoms with E-state index in [1.807, 2.05) is 39.8 Å². The summed E-state index contributed by atoms with van der Waals surface area (Å²) >= 11 is 0. The number of fused-ring (bicyclic) bond motifs is 1. The van der Waals surface area contributed by atoms with Gasteiger partial charge in [-0.2, -0.15) is 0 Å². The number of carbonyl (C=O) groups is 2. The molecule has 0 bridgehead atoms. The van der Waals surface area contributed by atoms with Crippen LogP contribution in [0.4, 0.5) is 4.79 Å². The number of likely N-dealkylation sites (N-methyl/N-ethyl adjacent to an activating group) is 1. The lowest BCUT2D eigenvalue weighted by atomic mass is 9.94. The van der Waals surface area contributed by atoms with Crippen LogP contribution in [-0.2, 0) is 9.53 Å². The average Bonchev–Trinajstić information content (AvgIpc) is 2.92. The van der Waals surface area contributed by atoms with Crippen molar-refractivity contribution in [2.24, 2.45) is 0 Å². The van der Waals surface area contributed by atoms with Crippen molar-refractivity contribution < 1.29 is 19.1 Å². The molecule has 6 heteroatoms. The summed E-state index contributed by atoms with van der Waals surface area (Å²) < 4.78 is 12.3. The van der Waals surface area contributed by atoms with Crippen LogP contribution in [0.15, 0.2) is 24.4 Å². The highest BCUT2D eigenvalue weighted by molar-refractivity contribution is 5.97. The minimum absolute atomic E-state index is 0.00133. The van der Waals surface area contributed by atoms with Gasteiger partial charge in [-0.3, -0.25) is 9.36 Å². The summed E-state index contributed by atoms with van der Waals surface area (Å²) in [4.78, 5) is 26.9. The van der Waals surface area contributed by atoms with Gasteiger partial charge in [0.05, 0.1) is 18.5 Å². The molecule has 0 spiro atoms. The van der Waals surface area contributed by atoms with Crippen LogP contribution < -0.4 is 4.74 Å². The topological polar surface area (TPSA) is 60.8 Å². The van der Waals surface area contributed by atoms with Crippen molar-refractivity contribution in [3.63, 3.8) is 0 Å². The van der Waals surface area contributed by atoms with Gasteiger partial charge in [-0.25, -0.2) is 4.79 Å². The lowest BCUT2D eigenvalue weighted by Gasteiger charge is -2.20. The number of ether oxygens (including phenoxy) is 2. The van der Waals surface area contributed by atoms with Crippen LogP contribution in [0.5, 0.6) is 5.75 Å². The second-order valence-electron chi connectivity index (χ2n) is 7.51. The maximum Gasteiger partial charge on any atom is 0.419 e. The predicted molar refractivity (Wildman–Crippen MR) is 102 cm³/mol. The molecule has 1 unspecified atom stereocenters. The van der Waals surface area contributed by atoms with Gasteiger partial charge in [0.2, 0.25) is 5.91 Å². The molecule has 0 aliphatic heterocycles. The minimum atomic E-state index is -0.607. The molecule has 0 saturated heterocycles. The molecule has 142 valence electrons. The maximum absolute atomic E-state index is 12.7. The molecule has 0 radical (unpaired) electrons. The van der Waals surface area contributed by atoms with Gasteiger partial charge in [-0.1, -0.05) is 6.92 Å². The molecule has 0 aliphatic carbocycles. The molecule has 6 nitrogen and oxygen atoms in total. The van der Waals surface area contributed by atoms with Gasteiger partial charge in [0.25, 0.3) is 0 Å². The summed E-state index contributed by atoms with van der Waals surface area (Å²) in [5.41, 5.74) is 0.884. The summed E-state index contributed by atoms with van der Waals surface area (Å²) in [6.45, 7) is 7.43. The van der Waals surface area contributed by atoms with Gasteiger partial charge >= 0.3 is 6.09 Å². The molecule has 0 N–H and O–H groups in total. The van der Waals surface area contributed by atoms with Crippen LogP contribution >= 0.6 is 0 Å². The van der Waals surface area contributed by atoms with Gasteiger partial charge < -0.3 is 14.4 Å². The van der Waals surface area contributed by atoms with Crippen molar-refractivity contribution in [1.82, 2.24) is 9.47 Å². The van der Waals surface area contributed by atoms with E-state index in [0.717, 1.165) is 10.9 Å². The number of rotatable bonds is 4. The Morgan fingerprint density at radius 3 is 2.38 bits per heavy atom. The number of hydrogen-bond donors (Lipinski definition) is 0. The zero-order chi connectivity index (χ0) is 19.6. The fraction of sp³-hybridized carbons (Fsp3) is 0.500. The number of amides is 1. The van der Waals surface area contributed by atoms with Crippen molar-refractivity contribution in [2.45, 2.75) is 45.6 Å². The molecule has 0 fully saturated rings. The molecule has 1 aromatic carbocycles. The van der Waals surface area contributed by atoms with Crippen LogP contribution in [0.25, 0.3) is 10.9 Å². The fourth-order valence-corrected chi connectivity index (χ4v) is 2.94. The Labute approximate surface area is 154 Å². The summed E-state index contributed by atoms with van der Waals surface area (Å²) in [7, 11) is 5.06. The SMILES string of the molecule is CCC(C(=O)N(C)C)c1cn(C(=O)OC(C)(C)C)c2ccc(OC)cc12. The lowest BCUT2D eigenvalue weighted by Crippen LogP contribution is -2.28. The van der Waals surface area contributed by atoms with Gasteiger partial charge in [0, 0.05) is 25.7 Å². The first-order chi connectivity index (χ1) is 12.1. The second kappa shape index (κ2) is 7.40. The number of aromatic nitrogens is 1. The van der Waals surface area contributed by atoms with Gasteiger partial charge in [-0.05, 0) is 51.0 Å². The quantitative estimate of drug-likeness (QED) is 0.826. The second-order valence-corrected chi connectivity index (χ2v) is 7.51. The fourth-order valence-electron chi connectivity index (χ4n) is 2.94. The largest absolute Gasteiger partial charge is 0.497 e. The third kappa shape index (κ3) is 4.00. The maximum atomic E-state index is 12.7. The molecule has 1 amide bonds. The molecule has 1 atom stereocenters. The third-order valence-electron chi connectivity index (χ3n) is 4.16. The number of nitrogens with zero attached hydrogens (tertiary/aromatic N) is 2. The molecule has 0 aliphatic rings. The van der Waals surface area contributed by atoms with E-state index in [-0.39, 0.29) is 11.8 Å². The van der Waals surface area contributed by atoms with E-state index >= 15 is 0 Å². The Morgan fingerprint density at radius 1 is 1.23 bits per heavy atom. The smallest absolute Gasteiger partial charge is 0.419 e. The normalized spacial score (nSPS) is 12.7. The van der Waals surface area contributed by atoms with Crippen molar-refractivity contribution in [1.29, 1.82) is 0 Å². The molecular formula is C20H28N2O4. The van der Waals surface area contributed by atoms with Gasteiger partial charge in [0.1, 0.15) is 11.4 Å². The molecule has 1 heterocycles. The molecule has 0 saturated carbocycles. The van der Waals surface area contributed by atoms with Crippen molar-refractivity contribution in [3.8, 4) is 5.75 Å². The first-order valence-corrected chi connectivity index (χ1v) is 8.72. The highest BCUT2D eigenvalue weighted by Crippen LogP contribution is 2.33. The Balaban J connectivity index is 2.65. The van der Waals surface area contributed by atoms with E-state index in [9.17, 15) is 9.59 Å². The molecule has 2 aromatic rings. The van der Waals surface area contributed by atoms with Crippen LogP contribution in [0.2, 0.25) is 0 Å². The minimum Gasteiger partial charge on any atom is -0.497 e. The molecule has 26 heavy (non-hydrogen) atoms. The molecule has 1 aromatic heterocycles. The van der Waals surface area contributed by atoms with E-state index < -0.39 is 11.7 Å². The monoisotopic (exact) mass is 360 g/mol. The zero-order valence-corrected chi connectivity index (χ0v) is 16.6. The number of benzene rings is 1. The summed E-state index contributed by atoms with van der Waals surface area (Å²) in [5.74, 6) is 0.328. The average molecular weight is 360 g/mol. The standard InChI is InChI=1S/C20H28N2O4/c1-8-14(18(23)21(5)6)16-12-22(19(24)26-20(2,3)4)17-10-9-13(25-7)11-15(16)17/h9-12,14H,8H2,1-7H3. The first-order valence-electron chi connectivity index (χ1n) is 8.72. The van der Waals surface area contributed by atoms with E-state index in [4.69, 9.17) is 9.47 Å². The van der Waals surface area contributed by atoms with Crippen LogP contribution in [-0.4, -0.2) is 48.3 Å². The van der Waals surface area contributed by atoms with E-state index in [0.29, 0.717) is 17.7 Å². The summed E-state index contributed by atoms with van der Waals surface area (Å²) in [6, 6.07) is 5.47. The highest BCUT2D eigenvalue weighted by atomic mass is 16.6. The summed E-state index contributed by atoms with van der Waals surface area (Å²) in [6.07, 6.45) is 1.88. The van der Waals surface area contributed by atoms with Crippen LogP contribution in [0.1, 0.15) is 45.6 Å². The Kier molecular flexibility index (Phi) is 5.64. The molecular weight excluding hydrogens is 332 g/mol. The number of hydrogen-bond acceptors (Lipinski definition) is 4. The summed E-state index contributed by atoms with van der Waals surface area (Å²) in [5, 5.41) is 0.817. The van der Waals surface area contributed by atoms with Crippen LogP contribution in [0, 0.1) is 0 Å². The Morgan fingerprint density at radius 2 is 1.88 bits per heavy atom. The van der Waals surface area contributed by atoms with Gasteiger partial charge in [-0.15, -0.1) is 0 Å². The number of methoxy groups -OCH3 is 1. The van der Waals surface area contributed by atoms with Crippen molar-refractivity contribution in [2.75, 3.05) is 21.2 Å².